The number of carbonyl (C=O) groups is 1. The number of aromatic nitrogens is 1. The fraction of sp³-hybridized carbons (Fsp3) is 0.158. The van der Waals surface area contributed by atoms with Crippen molar-refractivity contribution in [2.45, 2.75) is 20.0 Å². The Morgan fingerprint density at radius 2 is 1.89 bits per heavy atom. The van der Waals surface area contributed by atoms with Gasteiger partial charge in [-0.1, -0.05) is 11.6 Å². The third kappa shape index (κ3) is 3.98. The van der Waals surface area contributed by atoms with Crippen LogP contribution in [0.25, 0.3) is 10.8 Å². The molecule has 3 rings (SSSR count). The second kappa shape index (κ2) is 7.59. The van der Waals surface area contributed by atoms with Gasteiger partial charge in [0.2, 0.25) is 0 Å². The maximum Gasteiger partial charge on any atom is 0.277 e. The number of amides is 1. The third-order valence-electron chi connectivity index (χ3n) is 3.75. The van der Waals surface area contributed by atoms with Crippen LogP contribution in [0.15, 0.2) is 48.7 Å². The molecule has 2 aromatic carbocycles. The lowest BCUT2D eigenvalue weighted by atomic mass is 10.1. The number of rotatable bonds is 5. The SMILES string of the molecule is CC(C)Oc1ccc(NC(=O)c2nccc3c([N+](=O)[O-])ccc(Cl)c23)cc1. The number of nitrogens with one attached hydrogen (secondary N) is 1. The lowest BCUT2D eigenvalue weighted by Gasteiger charge is -2.11. The van der Waals surface area contributed by atoms with Crippen LogP contribution in [0.2, 0.25) is 5.02 Å². The summed E-state index contributed by atoms with van der Waals surface area (Å²) in [5.41, 5.74) is 0.418. The van der Waals surface area contributed by atoms with Crippen molar-refractivity contribution in [2.24, 2.45) is 0 Å². The van der Waals surface area contributed by atoms with E-state index in [1.165, 1.54) is 24.4 Å². The molecule has 0 saturated carbocycles. The topological polar surface area (TPSA) is 94.4 Å². The van der Waals surface area contributed by atoms with Crippen molar-refractivity contribution in [2.75, 3.05) is 5.32 Å². The Kier molecular flexibility index (Phi) is 5.23. The van der Waals surface area contributed by atoms with Crippen LogP contribution in [0.1, 0.15) is 24.3 Å². The van der Waals surface area contributed by atoms with Gasteiger partial charge >= 0.3 is 0 Å². The highest BCUT2D eigenvalue weighted by Gasteiger charge is 2.20. The first kappa shape index (κ1) is 18.6. The Morgan fingerprint density at radius 1 is 1.19 bits per heavy atom. The first-order chi connectivity index (χ1) is 12.9. The van der Waals surface area contributed by atoms with Crippen molar-refractivity contribution in [3.05, 3.63) is 69.5 Å². The van der Waals surface area contributed by atoms with Crippen LogP contribution in [0.4, 0.5) is 11.4 Å². The molecule has 3 aromatic rings. The Morgan fingerprint density at radius 3 is 2.52 bits per heavy atom. The molecule has 0 aliphatic heterocycles. The first-order valence-corrected chi connectivity index (χ1v) is 8.54. The first-order valence-electron chi connectivity index (χ1n) is 8.16. The summed E-state index contributed by atoms with van der Waals surface area (Å²) < 4.78 is 5.56. The zero-order valence-electron chi connectivity index (χ0n) is 14.6. The molecule has 0 radical (unpaired) electrons. The van der Waals surface area contributed by atoms with Gasteiger partial charge in [-0.3, -0.25) is 19.9 Å². The van der Waals surface area contributed by atoms with Crippen molar-refractivity contribution in [1.82, 2.24) is 4.98 Å². The number of hydrogen-bond donors (Lipinski definition) is 1. The maximum absolute atomic E-state index is 12.7. The summed E-state index contributed by atoms with van der Waals surface area (Å²) in [6, 6.07) is 11.0. The Labute approximate surface area is 160 Å². The largest absolute Gasteiger partial charge is 0.491 e. The summed E-state index contributed by atoms with van der Waals surface area (Å²) in [6.45, 7) is 3.84. The minimum atomic E-state index is -0.520. The molecule has 0 saturated heterocycles. The quantitative estimate of drug-likeness (QED) is 0.501. The van der Waals surface area contributed by atoms with E-state index in [2.05, 4.69) is 10.3 Å². The summed E-state index contributed by atoms with van der Waals surface area (Å²) in [7, 11) is 0. The number of nitro groups is 1. The van der Waals surface area contributed by atoms with Crippen LogP contribution in [-0.4, -0.2) is 21.9 Å². The van der Waals surface area contributed by atoms with Gasteiger partial charge in [0.25, 0.3) is 11.6 Å². The highest BCUT2D eigenvalue weighted by molar-refractivity contribution is 6.37. The van der Waals surface area contributed by atoms with E-state index in [4.69, 9.17) is 16.3 Å². The maximum atomic E-state index is 12.7. The third-order valence-corrected chi connectivity index (χ3v) is 4.06. The van der Waals surface area contributed by atoms with E-state index in [0.29, 0.717) is 11.4 Å². The van der Waals surface area contributed by atoms with Gasteiger partial charge < -0.3 is 10.1 Å². The van der Waals surface area contributed by atoms with Gasteiger partial charge in [0, 0.05) is 23.3 Å². The molecular weight excluding hydrogens is 370 g/mol. The Balaban J connectivity index is 1.94. The molecule has 27 heavy (non-hydrogen) atoms. The van der Waals surface area contributed by atoms with Gasteiger partial charge in [-0.2, -0.15) is 0 Å². The zero-order valence-corrected chi connectivity index (χ0v) is 15.4. The van der Waals surface area contributed by atoms with Crippen molar-refractivity contribution < 1.29 is 14.5 Å². The van der Waals surface area contributed by atoms with Crippen LogP contribution < -0.4 is 10.1 Å². The predicted octanol–water partition coefficient (Wildman–Crippen LogP) is 4.84. The highest BCUT2D eigenvalue weighted by atomic mass is 35.5. The number of hydrogen-bond acceptors (Lipinski definition) is 5. The molecule has 0 atom stereocenters. The molecule has 0 fully saturated rings. The fourth-order valence-electron chi connectivity index (χ4n) is 2.65. The highest BCUT2D eigenvalue weighted by Crippen LogP contribution is 2.33. The van der Waals surface area contributed by atoms with Gasteiger partial charge in [0.05, 0.1) is 21.4 Å². The molecule has 0 spiro atoms. The van der Waals surface area contributed by atoms with E-state index in [1.807, 2.05) is 13.8 Å². The number of anilines is 1. The number of nitro benzene ring substituents is 1. The Hall–Kier alpha value is -3.19. The van der Waals surface area contributed by atoms with Crippen LogP contribution in [0.5, 0.6) is 5.75 Å². The number of ether oxygens (including phenoxy) is 1. The van der Waals surface area contributed by atoms with E-state index in [1.54, 1.807) is 24.3 Å². The molecule has 0 unspecified atom stereocenters. The summed E-state index contributed by atoms with van der Waals surface area (Å²) in [6.07, 6.45) is 1.39. The molecule has 1 amide bonds. The van der Waals surface area contributed by atoms with Crippen molar-refractivity contribution in [3.63, 3.8) is 0 Å². The summed E-state index contributed by atoms with van der Waals surface area (Å²) in [5, 5.41) is 14.7. The zero-order chi connectivity index (χ0) is 19.6. The van der Waals surface area contributed by atoms with Crippen LogP contribution >= 0.6 is 11.6 Å². The molecule has 7 nitrogen and oxygen atoms in total. The van der Waals surface area contributed by atoms with Gasteiger partial charge in [-0.15, -0.1) is 0 Å². The molecule has 1 aromatic heterocycles. The van der Waals surface area contributed by atoms with Crippen molar-refractivity contribution in [1.29, 1.82) is 0 Å². The van der Waals surface area contributed by atoms with E-state index >= 15 is 0 Å². The number of pyridine rings is 1. The van der Waals surface area contributed by atoms with Crippen molar-refractivity contribution in [3.8, 4) is 5.75 Å². The van der Waals surface area contributed by atoms with Gasteiger partial charge in [-0.25, -0.2) is 0 Å². The molecule has 0 aliphatic carbocycles. The van der Waals surface area contributed by atoms with Crippen LogP contribution in [-0.2, 0) is 0 Å². The van der Waals surface area contributed by atoms with E-state index < -0.39 is 10.8 Å². The lowest BCUT2D eigenvalue weighted by molar-refractivity contribution is -0.383. The monoisotopic (exact) mass is 385 g/mol. The molecule has 8 heteroatoms. The number of benzene rings is 2. The second-order valence-electron chi connectivity index (χ2n) is 6.05. The average Bonchev–Trinajstić information content (AvgIpc) is 2.62. The normalized spacial score (nSPS) is 10.8. The molecule has 0 aliphatic rings. The number of halogens is 1. The minimum absolute atomic E-state index is 0.0173. The number of nitrogens with zero attached hydrogens (tertiary/aromatic N) is 2. The lowest BCUT2D eigenvalue weighted by Crippen LogP contribution is -2.14. The number of carbonyl (C=O) groups excluding carboxylic acids is 1. The molecule has 138 valence electrons. The minimum Gasteiger partial charge on any atom is -0.491 e. The van der Waals surface area contributed by atoms with Crippen molar-refractivity contribution >= 4 is 39.7 Å². The van der Waals surface area contributed by atoms with E-state index in [0.717, 1.165) is 0 Å². The Bertz CT molecular complexity index is 1020. The molecule has 1 heterocycles. The average molecular weight is 386 g/mol. The molecule has 0 bridgehead atoms. The number of non-ortho nitro benzene ring substituents is 1. The van der Waals surface area contributed by atoms with Gasteiger partial charge in [0.15, 0.2) is 0 Å². The van der Waals surface area contributed by atoms with Crippen LogP contribution in [0.3, 0.4) is 0 Å². The van der Waals surface area contributed by atoms with E-state index in [-0.39, 0.29) is 33.3 Å². The number of fused-ring (bicyclic) bond motifs is 1. The summed E-state index contributed by atoms with van der Waals surface area (Å²) in [4.78, 5) is 27.5. The molecule has 1 N–H and O–H groups in total. The second-order valence-corrected chi connectivity index (χ2v) is 6.46. The smallest absolute Gasteiger partial charge is 0.277 e. The van der Waals surface area contributed by atoms with Gasteiger partial charge in [-0.05, 0) is 50.2 Å². The standard InChI is InChI=1S/C19H16ClN3O4/c1-11(2)27-13-5-3-12(4-6-13)22-19(24)18-17-14(9-10-21-18)16(23(25)26)8-7-15(17)20/h3-11H,1-2H3,(H,22,24). The summed E-state index contributed by atoms with van der Waals surface area (Å²) >= 11 is 6.20. The van der Waals surface area contributed by atoms with E-state index in [9.17, 15) is 14.9 Å². The van der Waals surface area contributed by atoms with Gasteiger partial charge in [0.1, 0.15) is 11.4 Å². The summed E-state index contributed by atoms with van der Waals surface area (Å²) in [5.74, 6) is 0.172. The van der Waals surface area contributed by atoms with Crippen LogP contribution in [0, 0.1) is 10.1 Å². The molecular formula is C19H16ClN3O4. The predicted molar refractivity (Wildman–Crippen MR) is 104 cm³/mol. The fourth-order valence-corrected chi connectivity index (χ4v) is 2.91.